The number of nitrogens with one attached hydrogen (secondary N) is 2. The summed E-state index contributed by atoms with van der Waals surface area (Å²) >= 11 is 0. The van der Waals surface area contributed by atoms with Gasteiger partial charge in [0.1, 0.15) is 18.2 Å². The highest BCUT2D eigenvalue weighted by molar-refractivity contribution is 7.89. The molecule has 0 bridgehead atoms. The van der Waals surface area contributed by atoms with Crippen molar-refractivity contribution in [2.24, 2.45) is 0 Å². The number of ether oxygens (including phenoxy) is 1. The van der Waals surface area contributed by atoms with E-state index in [1.54, 1.807) is 24.3 Å². The maximum Gasteiger partial charge on any atom is 0.262 e. The third kappa shape index (κ3) is 5.52. The van der Waals surface area contributed by atoms with Gasteiger partial charge in [-0.2, -0.15) is 0 Å². The van der Waals surface area contributed by atoms with Crippen LogP contribution in [-0.4, -0.2) is 28.0 Å². The minimum Gasteiger partial charge on any atom is -0.496 e. The highest BCUT2D eigenvalue weighted by Gasteiger charge is 2.15. The van der Waals surface area contributed by atoms with Crippen molar-refractivity contribution >= 4 is 15.9 Å². The molecule has 2 rings (SSSR count). The minimum atomic E-state index is -3.99. The fourth-order valence-electron chi connectivity index (χ4n) is 1.93. The number of benzene rings is 2. The van der Waals surface area contributed by atoms with Crippen LogP contribution in [0.1, 0.15) is 5.56 Å². The molecule has 0 saturated carbocycles. The van der Waals surface area contributed by atoms with Gasteiger partial charge < -0.3 is 10.1 Å². The van der Waals surface area contributed by atoms with Gasteiger partial charge in [-0.15, -0.1) is 0 Å². The van der Waals surface area contributed by atoms with Gasteiger partial charge in [0.15, 0.2) is 0 Å². The Morgan fingerprint density at radius 2 is 1.80 bits per heavy atom. The summed E-state index contributed by atoms with van der Waals surface area (Å²) in [5.41, 5.74) is 0.769. The van der Waals surface area contributed by atoms with Crippen molar-refractivity contribution in [1.82, 2.24) is 10.2 Å². The Kier molecular flexibility index (Phi) is 6.45. The predicted octanol–water partition coefficient (Wildman–Crippen LogP) is 1.36. The fraction of sp³-hybridized carbons (Fsp3) is 0.188. The average Bonchev–Trinajstić information content (AvgIpc) is 2.60. The molecule has 0 saturated heterocycles. The van der Waals surface area contributed by atoms with Crippen LogP contribution in [0.15, 0.2) is 53.4 Å². The first-order valence-electron chi connectivity index (χ1n) is 7.20. The van der Waals surface area contributed by atoms with Crippen LogP contribution in [-0.2, 0) is 26.2 Å². The number of rotatable bonds is 8. The molecule has 2 aromatic carbocycles. The van der Waals surface area contributed by atoms with E-state index in [-0.39, 0.29) is 11.4 Å². The van der Waals surface area contributed by atoms with Crippen molar-refractivity contribution in [2.75, 3.05) is 13.7 Å². The molecule has 0 fully saturated rings. The Bertz CT molecular complexity index is 825. The zero-order chi connectivity index (χ0) is 18.3. The van der Waals surface area contributed by atoms with Crippen LogP contribution >= 0.6 is 0 Å². The Balaban J connectivity index is 1.81. The summed E-state index contributed by atoms with van der Waals surface area (Å²) in [5, 5.41) is 2.58. The number of carbonyl (C=O) groups is 1. The van der Waals surface area contributed by atoms with Gasteiger partial charge in [-0.3, -0.25) is 9.63 Å². The van der Waals surface area contributed by atoms with Crippen molar-refractivity contribution in [3.05, 3.63) is 59.9 Å². The normalized spacial score (nSPS) is 11.1. The quantitative estimate of drug-likeness (QED) is 0.686. The molecule has 1 amide bonds. The number of hydrogen-bond donors (Lipinski definition) is 2. The summed E-state index contributed by atoms with van der Waals surface area (Å²) in [6.07, 6.45) is 0. The van der Waals surface area contributed by atoms with Crippen LogP contribution < -0.4 is 14.9 Å². The standard InChI is InChI=1S/C16H17FN2O5S/c1-23-15-5-3-2-4-12(15)10-18-16(20)11-24-19-25(21,22)14-8-6-13(17)7-9-14/h2-9,19H,10-11H2,1H3,(H,18,20). The summed E-state index contributed by atoms with van der Waals surface area (Å²) in [6, 6.07) is 11.3. The summed E-state index contributed by atoms with van der Waals surface area (Å²) in [5.74, 6) is -0.455. The second kappa shape index (κ2) is 8.56. The van der Waals surface area contributed by atoms with Crippen molar-refractivity contribution in [3.8, 4) is 5.75 Å². The molecule has 0 aliphatic carbocycles. The van der Waals surface area contributed by atoms with E-state index in [2.05, 4.69) is 5.32 Å². The Labute approximate surface area is 144 Å². The van der Waals surface area contributed by atoms with Gasteiger partial charge in [-0.25, -0.2) is 12.8 Å². The summed E-state index contributed by atoms with van der Waals surface area (Å²) in [7, 11) is -2.47. The summed E-state index contributed by atoms with van der Waals surface area (Å²) in [4.78, 5) is 18.1. The van der Waals surface area contributed by atoms with Crippen molar-refractivity contribution in [2.45, 2.75) is 11.4 Å². The molecule has 0 unspecified atom stereocenters. The van der Waals surface area contributed by atoms with Crippen LogP contribution in [0.4, 0.5) is 4.39 Å². The molecule has 0 atom stereocenters. The molecule has 0 aromatic heterocycles. The van der Waals surface area contributed by atoms with Crippen molar-refractivity contribution in [1.29, 1.82) is 0 Å². The molecule has 2 N–H and O–H groups in total. The first-order valence-corrected chi connectivity index (χ1v) is 8.68. The van der Waals surface area contributed by atoms with E-state index >= 15 is 0 Å². The number of halogens is 1. The van der Waals surface area contributed by atoms with Gasteiger partial charge >= 0.3 is 0 Å². The fourth-order valence-corrected chi connectivity index (χ4v) is 2.73. The highest BCUT2D eigenvalue weighted by Crippen LogP contribution is 2.16. The average molecular weight is 368 g/mol. The van der Waals surface area contributed by atoms with Crippen molar-refractivity contribution in [3.63, 3.8) is 0 Å². The van der Waals surface area contributed by atoms with Gasteiger partial charge in [-0.05, 0) is 30.3 Å². The molecule has 7 nitrogen and oxygen atoms in total. The number of hydrogen-bond acceptors (Lipinski definition) is 5. The molecule has 25 heavy (non-hydrogen) atoms. The molecule has 0 aliphatic heterocycles. The molecule has 0 spiro atoms. The molecule has 0 heterocycles. The lowest BCUT2D eigenvalue weighted by Crippen LogP contribution is -2.32. The monoisotopic (exact) mass is 368 g/mol. The highest BCUT2D eigenvalue weighted by atomic mass is 32.2. The zero-order valence-corrected chi connectivity index (χ0v) is 14.2. The van der Waals surface area contributed by atoms with Gasteiger partial charge in [0.2, 0.25) is 5.91 Å². The molecule has 9 heteroatoms. The summed E-state index contributed by atoms with van der Waals surface area (Å²) < 4.78 is 41.7. The van der Waals surface area contributed by atoms with Crippen LogP contribution in [0.5, 0.6) is 5.75 Å². The van der Waals surface area contributed by atoms with E-state index in [0.29, 0.717) is 5.75 Å². The third-order valence-corrected chi connectivity index (χ3v) is 4.39. The smallest absolute Gasteiger partial charge is 0.262 e. The van der Waals surface area contributed by atoms with Gasteiger partial charge in [0.25, 0.3) is 10.0 Å². The van der Waals surface area contributed by atoms with Gasteiger partial charge in [0, 0.05) is 12.1 Å². The number of sulfonamides is 1. The molecule has 134 valence electrons. The van der Waals surface area contributed by atoms with E-state index in [4.69, 9.17) is 9.57 Å². The van der Waals surface area contributed by atoms with Gasteiger partial charge in [0.05, 0.1) is 12.0 Å². The molecule has 2 aromatic rings. The molecule has 0 radical (unpaired) electrons. The van der Waals surface area contributed by atoms with Crippen LogP contribution in [0.25, 0.3) is 0 Å². The first-order chi connectivity index (χ1) is 11.9. The van der Waals surface area contributed by atoms with Crippen LogP contribution in [0.3, 0.4) is 0 Å². The molecule has 0 aliphatic rings. The summed E-state index contributed by atoms with van der Waals surface area (Å²) in [6.45, 7) is -0.313. The Morgan fingerprint density at radius 1 is 1.12 bits per heavy atom. The maximum atomic E-state index is 12.8. The van der Waals surface area contributed by atoms with E-state index in [1.807, 2.05) is 4.89 Å². The SMILES string of the molecule is COc1ccccc1CNC(=O)CONS(=O)(=O)c1ccc(F)cc1. The van der Waals surface area contributed by atoms with E-state index in [9.17, 15) is 17.6 Å². The first kappa shape index (κ1) is 18.8. The maximum absolute atomic E-state index is 12.8. The lowest BCUT2D eigenvalue weighted by Gasteiger charge is -2.10. The number of para-hydroxylation sites is 1. The lowest BCUT2D eigenvalue weighted by atomic mass is 10.2. The van der Waals surface area contributed by atoms with E-state index in [0.717, 1.165) is 29.8 Å². The van der Waals surface area contributed by atoms with Crippen LogP contribution in [0, 0.1) is 5.82 Å². The second-order valence-corrected chi connectivity index (χ2v) is 6.56. The van der Waals surface area contributed by atoms with E-state index < -0.39 is 28.4 Å². The zero-order valence-electron chi connectivity index (χ0n) is 13.4. The second-order valence-electron chi connectivity index (χ2n) is 4.92. The van der Waals surface area contributed by atoms with Crippen LogP contribution in [0.2, 0.25) is 0 Å². The van der Waals surface area contributed by atoms with Crippen molar-refractivity contribution < 1.29 is 27.2 Å². The number of methoxy groups -OCH3 is 1. The van der Waals surface area contributed by atoms with E-state index in [1.165, 1.54) is 7.11 Å². The molecular formula is C16H17FN2O5S. The topological polar surface area (TPSA) is 93.7 Å². The Hall–Kier alpha value is -2.49. The predicted molar refractivity (Wildman–Crippen MR) is 87.5 cm³/mol. The Morgan fingerprint density at radius 3 is 2.48 bits per heavy atom. The minimum absolute atomic E-state index is 0.177. The number of amides is 1. The largest absolute Gasteiger partial charge is 0.496 e. The number of carbonyl (C=O) groups excluding carboxylic acids is 1. The van der Waals surface area contributed by atoms with Gasteiger partial charge in [-0.1, -0.05) is 23.1 Å². The molecular weight excluding hydrogens is 351 g/mol. The third-order valence-electron chi connectivity index (χ3n) is 3.16. The lowest BCUT2D eigenvalue weighted by molar-refractivity contribution is -0.126.